The Balaban J connectivity index is 1.12. The first kappa shape index (κ1) is 40.0. The van der Waals surface area contributed by atoms with Gasteiger partial charge in [0.05, 0.1) is 28.9 Å². The van der Waals surface area contributed by atoms with Crippen molar-refractivity contribution in [1.82, 2.24) is 24.8 Å². The number of fused-ring (bicyclic) bond motifs is 3. The molecule has 58 heavy (non-hydrogen) atoms. The molecule has 2 aliphatic heterocycles. The second kappa shape index (κ2) is 15.4. The summed E-state index contributed by atoms with van der Waals surface area (Å²) in [7, 11) is -3.89. The Bertz CT molecular complexity index is 2250. The van der Waals surface area contributed by atoms with E-state index < -0.39 is 62.0 Å². The molecule has 4 fully saturated rings. The minimum absolute atomic E-state index is 0.00312. The Morgan fingerprint density at radius 1 is 1.02 bits per heavy atom. The number of amides is 4. The van der Waals surface area contributed by atoms with Crippen molar-refractivity contribution < 1.29 is 32.3 Å². The summed E-state index contributed by atoms with van der Waals surface area (Å²) in [5.74, 6) is -2.44. The van der Waals surface area contributed by atoms with Crippen LogP contribution in [-0.4, -0.2) is 89.4 Å². The zero-order valence-electron chi connectivity index (χ0n) is 33.8. The third-order valence-electron chi connectivity index (χ3n) is 12.9. The zero-order valence-corrected chi connectivity index (χ0v) is 34.6. The first-order valence-electron chi connectivity index (χ1n) is 20.9. The zero-order chi connectivity index (χ0) is 41.0. The maximum absolute atomic E-state index is 14.9. The van der Waals surface area contributed by atoms with Gasteiger partial charge in [0.2, 0.25) is 27.7 Å². The molecule has 4 amide bonds. The number of nitrogens with zero attached hydrogens (tertiary/aromatic N) is 3. The van der Waals surface area contributed by atoms with E-state index in [1.807, 2.05) is 68.1 Å². The largest absolute Gasteiger partial charge is 0.488 e. The molecule has 3 aliphatic carbocycles. The van der Waals surface area contributed by atoms with Gasteiger partial charge in [-0.3, -0.25) is 23.9 Å². The Labute approximate surface area is 341 Å². The molecule has 2 N–H and O–H groups in total. The van der Waals surface area contributed by atoms with Gasteiger partial charge in [-0.2, -0.15) is 0 Å². The van der Waals surface area contributed by atoms with Crippen LogP contribution in [0.5, 0.6) is 5.75 Å². The molecule has 0 spiro atoms. The lowest BCUT2D eigenvalue weighted by Gasteiger charge is -2.36. The fourth-order valence-electron chi connectivity index (χ4n) is 9.17. The van der Waals surface area contributed by atoms with Crippen LogP contribution in [0.4, 0.5) is 0 Å². The van der Waals surface area contributed by atoms with Crippen molar-refractivity contribution in [2.45, 2.75) is 114 Å². The highest BCUT2D eigenvalue weighted by atomic mass is 32.2. The van der Waals surface area contributed by atoms with Crippen LogP contribution in [0.1, 0.15) is 89.7 Å². The number of likely N-dealkylation sites (tertiary alicyclic amines) is 2. The number of hydrogen-bond acceptors (Lipinski definition) is 8. The van der Waals surface area contributed by atoms with E-state index in [1.165, 1.54) is 16.0 Å². The molecule has 2 saturated carbocycles. The Morgan fingerprint density at radius 2 is 1.76 bits per heavy atom. The quantitative estimate of drug-likeness (QED) is 0.228. The van der Waals surface area contributed by atoms with Gasteiger partial charge in [0.15, 0.2) is 0 Å². The van der Waals surface area contributed by atoms with E-state index in [0.29, 0.717) is 31.7 Å². The third-order valence-corrected chi connectivity index (χ3v) is 14.7. The molecule has 5 aliphatic rings. The van der Waals surface area contributed by atoms with E-state index in [0.717, 1.165) is 60.7 Å². The number of pyridine rings is 1. The van der Waals surface area contributed by atoms with Crippen molar-refractivity contribution in [1.29, 1.82) is 0 Å². The van der Waals surface area contributed by atoms with Crippen LogP contribution in [-0.2, 0) is 42.0 Å². The minimum atomic E-state index is -3.89. The highest BCUT2D eigenvalue weighted by molar-refractivity contribution is 7.91. The second-order valence-electron chi connectivity index (χ2n) is 18.1. The monoisotopic (exact) mass is 809 g/mol. The van der Waals surface area contributed by atoms with Crippen molar-refractivity contribution in [3.8, 4) is 17.0 Å². The summed E-state index contributed by atoms with van der Waals surface area (Å²) < 4.78 is 34.8. The summed E-state index contributed by atoms with van der Waals surface area (Å²) in [4.78, 5) is 65.4. The second-order valence-corrected chi connectivity index (χ2v) is 20.0. The maximum Gasteiger partial charge on any atom is 0.259 e. The SMILES string of the molecule is C=C[C@@H]1CC1(NC(=O)[C@@H]1C[C@@H](Oc2cc(-c3ccccc3)nc3c4c(ccc23)CCC4)CN1C(=O)[C@@H](CC(=O)N1CCCCC1)C(C)(C)C)C(=O)NS(=O)(=O)C1CC1. The standard InChI is InChI=1S/C45H55N5O7S/c1-5-30-26-45(30,43(54)48-58(55,56)32-18-19-32)47-41(52)37-23-31(27-50(37)42(53)35(44(2,3)4)24-39(51)49-21-10-7-11-22-49)57-38-25-36(29-13-8-6-9-14-29)46-40-33-16-12-15-28(33)17-20-34(38)40/h5-6,8-9,13-14,17,20,25,30-32,35,37H,1,7,10-12,15-16,18-19,21-24,26-27H2,2-4H3,(H,47,52)(H,48,54)/t30-,31-,35-,37+,45?/m1/s1. The summed E-state index contributed by atoms with van der Waals surface area (Å²) in [6.07, 6.45) is 8.04. The lowest BCUT2D eigenvalue weighted by atomic mass is 9.77. The first-order chi connectivity index (χ1) is 27.7. The Morgan fingerprint density at radius 3 is 2.43 bits per heavy atom. The van der Waals surface area contributed by atoms with E-state index >= 15 is 0 Å². The summed E-state index contributed by atoms with van der Waals surface area (Å²) in [5, 5.41) is 3.13. The van der Waals surface area contributed by atoms with E-state index in [2.05, 4.69) is 22.7 Å². The first-order valence-corrected chi connectivity index (χ1v) is 22.5. The molecule has 8 rings (SSSR count). The fourth-order valence-corrected chi connectivity index (χ4v) is 10.5. The van der Waals surface area contributed by atoms with E-state index in [-0.39, 0.29) is 37.6 Å². The van der Waals surface area contributed by atoms with Crippen LogP contribution in [0.3, 0.4) is 0 Å². The molecule has 12 nitrogen and oxygen atoms in total. The van der Waals surface area contributed by atoms with Gasteiger partial charge >= 0.3 is 0 Å². The molecule has 13 heteroatoms. The minimum Gasteiger partial charge on any atom is -0.488 e. The molecule has 3 heterocycles. The van der Waals surface area contributed by atoms with Gasteiger partial charge in [-0.15, -0.1) is 6.58 Å². The summed E-state index contributed by atoms with van der Waals surface area (Å²) in [5.41, 5.74) is 2.91. The Hall–Kier alpha value is -4.78. The molecule has 3 aromatic rings. The van der Waals surface area contributed by atoms with E-state index in [4.69, 9.17) is 9.72 Å². The summed E-state index contributed by atoms with van der Waals surface area (Å²) in [6, 6.07) is 14.9. The lowest BCUT2D eigenvalue weighted by Crippen LogP contribution is -2.57. The predicted molar refractivity (Wildman–Crippen MR) is 221 cm³/mol. The van der Waals surface area contributed by atoms with Crippen molar-refractivity contribution in [2.24, 2.45) is 17.3 Å². The number of nitrogens with one attached hydrogen (secondary N) is 2. The molecule has 2 saturated heterocycles. The van der Waals surface area contributed by atoms with Gasteiger partial charge in [-0.1, -0.05) is 63.2 Å². The molecule has 2 aromatic carbocycles. The van der Waals surface area contributed by atoms with E-state index in [1.54, 1.807) is 6.08 Å². The Kier molecular flexibility index (Phi) is 10.6. The van der Waals surface area contributed by atoms with Gasteiger partial charge in [-0.05, 0) is 80.4 Å². The van der Waals surface area contributed by atoms with E-state index in [9.17, 15) is 27.6 Å². The lowest BCUT2D eigenvalue weighted by molar-refractivity contribution is -0.148. The van der Waals surface area contributed by atoms with Gasteiger partial charge < -0.3 is 19.9 Å². The third kappa shape index (κ3) is 7.86. The number of aryl methyl sites for hydroxylation is 2. The van der Waals surface area contributed by atoms with Crippen LogP contribution >= 0.6 is 0 Å². The summed E-state index contributed by atoms with van der Waals surface area (Å²) >= 11 is 0. The molecule has 308 valence electrons. The highest BCUT2D eigenvalue weighted by Gasteiger charge is 2.62. The molecule has 0 radical (unpaired) electrons. The average Bonchev–Trinajstić information content (AvgIpc) is 4.09. The molecule has 1 aromatic heterocycles. The number of carbonyl (C=O) groups excluding carboxylic acids is 4. The van der Waals surface area contributed by atoms with Crippen molar-refractivity contribution >= 4 is 44.6 Å². The number of rotatable bonds is 12. The molecular formula is C45H55N5O7S. The van der Waals surface area contributed by atoms with Crippen LogP contribution in [0, 0.1) is 17.3 Å². The van der Waals surface area contributed by atoms with Gasteiger partial charge in [0, 0.05) is 48.9 Å². The fraction of sp³-hybridized carbons (Fsp3) is 0.533. The number of hydrogen-bond donors (Lipinski definition) is 2. The topological polar surface area (TPSA) is 155 Å². The molecule has 0 bridgehead atoms. The predicted octanol–water partition coefficient (Wildman–Crippen LogP) is 5.47. The number of ether oxygens (including phenoxy) is 1. The van der Waals surface area contributed by atoms with Gasteiger partial charge in [0.1, 0.15) is 23.4 Å². The van der Waals surface area contributed by atoms with Gasteiger partial charge in [-0.25, -0.2) is 13.4 Å². The van der Waals surface area contributed by atoms with Crippen LogP contribution in [0.25, 0.3) is 22.2 Å². The molecule has 1 unspecified atom stereocenters. The average molecular weight is 810 g/mol. The molecular weight excluding hydrogens is 755 g/mol. The van der Waals surface area contributed by atoms with Crippen molar-refractivity contribution in [3.05, 3.63) is 72.3 Å². The van der Waals surface area contributed by atoms with Crippen molar-refractivity contribution in [3.63, 3.8) is 0 Å². The molecule has 5 atom stereocenters. The number of piperidine rings is 1. The van der Waals surface area contributed by atoms with Crippen LogP contribution in [0.2, 0.25) is 0 Å². The van der Waals surface area contributed by atoms with Crippen molar-refractivity contribution in [2.75, 3.05) is 19.6 Å². The number of benzene rings is 2. The maximum atomic E-state index is 14.9. The number of sulfonamides is 1. The number of aromatic nitrogens is 1. The highest BCUT2D eigenvalue weighted by Crippen LogP contribution is 2.46. The summed E-state index contributed by atoms with van der Waals surface area (Å²) in [6.45, 7) is 11.0. The smallest absolute Gasteiger partial charge is 0.259 e. The van der Waals surface area contributed by atoms with Crippen LogP contribution in [0.15, 0.2) is 61.2 Å². The normalized spacial score (nSPS) is 24.8. The number of carbonyl (C=O) groups is 4. The van der Waals surface area contributed by atoms with Gasteiger partial charge in [0.25, 0.3) is 5.91 Å². The van der Waals surface area contributed by atoms with Crippen LogP contribution < -0.4 is 14.8 Å².